The molecule has 5 rings (SSSR count). The zero-order valence-electron chi connectivity index (χ0n) is 21.8. The van der Waals surface area contributed by atoms with Gasteiger partial charge in [-0.1, -0.05) is 24.3 Å². The summed E-state index contributed by atoms with van der Waals surface area (Å²) in [6.45, 7) is 8.44. The van der Waals surface area contributed by atoms with Crippen LogP contribution in [0.1, 0.15) is 54.3 Å². The van der Waals surface area contributed by atoms with Crippen molar-refractivity contribution in [2.24, 2.45) is 11.8 Å². The number of ether oxygens (including phenoxy) is 3. The van der Waals surface area contributed by atoms with Crippen LogP contribution < -0.4 is 9.47 Å². The average molecular weight is 495 g/mol. The largest absolute Gasteiger partial charge is 0.488 e. The van der Waals surface area contributed by atoms with Crippen LogP contribution >= 0.6 is 0 Å². The number of hydrogen-bond donors (Lipinski definition) is 1. The molecule has 0 radical (unpaired) electrons. The highest BCUT2D eigenvalue weighted by atomic mass is 16.5. The second kappa shape index (κ2) is 10.0. The zero-order valence-corrected chi connectivity index (χ0v) is 21.8. The monoisotopic (exact) mass is 494 g/mol. The average Bonchev–Trinajstić information content (AvgIpc) is 2.83. The molecule has 0 aliphatic carbocycles. The third-order valence-electron chi connectivity index (χ3n) is 7.94. The summed E-state index contributed by atoms with van der Waals surface area (Å²) >= 11 is 0. The number of likely N-dealkylation sites (tertiary alicyclic amines) is 1. The highest BCUT2D eigenvalue weighted by molar-refractivity contribution is 5.87. The van der Waals surface area contributed by atoms with Gasteiger partial charge in [0.05, 0.1) is 17.8 Å². The van der Waals surface area contributed by atoms with Gasteiger partial charge in [-0.05, 0) is 70.5 Å². The number of para-hydroxylation sites is 1. The lowest BCUT2D eigenvalue weighted by atomic mass is 9.70. The van der Waals surface area contributed by atoms with Crippen molar-refractivity contribution in [3.63, 3.8) is 0 Å². The first kappa shape index (κ1) is 25.1. The molecule has 7 heteroatoms. The molecule has 194 valence electrons. The highest BCUT2D eigenvalue weighted by Crippen LogP contribution is 2.55. The lowest BCUT2D eigenvalue weighted by Crippen LogP contribution is -2.55. The fraction of sp³-hybridized carbons (Fsp3) is 0.552. The molecule has 2 fully saturated rings. The van der Waals surface area contributed by atoms with Gasteiger partial charge in [0, 0.05) is 37.7 Å². The minimum Gasteiger partial charge on any atom is -0.488 e. The predicted molar refractivity (Wildman–Crippen MR) is 138 cm³/mol. The molecule has 0 bridgehead atoms. The first-order valence-electron chi connectivity index (χ1n) is 13.0. The third-order valence-corrected chi connectivity index (χ3v) is 7.94. The number of hydrogen-bond acceptors (Lipinski definition) is 6. The first-order valence-corrected chi connectivity index (χ1v) is 13.0. The van der Waals surface area contributed by atoms with Crippen LogP contribution in [0.3, 0.4) is 0 Å². The Bertz CT molecular complexity index is 1100. The van der Waals surface area contributed by atoms with E-state index in [0.717, 1.165) is 61.6 Å². The van der Waals surface area contributed by atoms with Gasteiger partial charge in [-0.15, -0.1) is 0 Å². The van der Waals surface area contributed by atoms with Crippen LogP contribution in [-0.4, -0.2) is 72.9 Å². The Morgan fingerprint density at radius 3 is 2.81 bits per heavy atom. The molecular weight excluding hydrogens is 456 g/mol. The molecule has 7 nitrogen and oxygen atoms in total. The molecule has 0 aromatic heterocycles. The molecule has 0 unspecified atom stereocenters. The molecule has 2 aromatic rings. The van der Waals surface area contributed by atoms with Crippen molar-refractivity contribution >= 4 is 5.97 Å². The molecule has 36 heavy (non-hydrogen) atoms. The number of rotatable bonds is 7. The van der Waals surface area contributed by atoms with Gasteiger partial charge in [0.25, 0.3) is 0 Å². The summed E-state index contributed by atoms with van der Waals surface area (Å²) in [5.74, 6) is 1.42. The molecule has 4 atom stereocenters. The van der Waals surface area contributed by atoms with E-state index in [9.17, 15) is 9.90 Å². The number of carboxylic acids is 1. The van der Waals surface area contributed by atoms with Crippen LogP contribution in [0.25, 0.3) is 0 Å². The van der Waals surface area contributed by atoms with E-state index in [1.54, 1.807) is 12.1 Å². The quantitative estimate of drug-likeness (QED) is 0.609. The van der Waals surface area contributed by atoms with Crippen molar-refractivity contribution in [1.82, 2.24) is 9.80 Å². The molecule has 0 saturated carbocycles. The number of aromatic carboxylic acids is 1. The minimum atomic E-state index is -0.881. The van der Waals surface area contributed by atoms with Gasteiger partial charge in [-0.25, -0.2) is 4.79 Å². The molecule has 3 aliphatic heterocycles. The molecule has 3 heterocycles. The van der Waals surface area contributed by atoms with Crippen LogP contribution in [0, 0.1) is 11.8 Å². The summed E-state index contributed by atoms with van der Waals surface area (Å²) in [5.41, 5.74) is 2.12. The summed E-state index contributed by atoms with van der Waals surface area (Å²) < 4.78 is 19.6. The SMILES string of the molecule is CN(C)CCOc1cccc2c1OC(C)(C)[C@H]1C[C@H]3CN(Cc4cccc(C(=O)O)c4)CC[C@@H]3O[C@H]21. The summed E-state index contributed by atoms with van der Waals surface area (Å²) in [6.07, 6.45) is 2.23. The van der Waals surface area contributed by atoms with Crippen LogP contribution in [-0.2, 0) is 11.3 Å². The molecular formula is C29H38N2O5. The maximum absolute atomic E-state index is 11.4. The van der Waals surface area contributed by atoms with E-state index in [4.69, 9.17) is 14.2 Å². The second-order valence-electron chi connectivity index (χ2n) is 11.3. The highest BCUT2D eigenvalue weighted by Gasteiger charge is 2.51. The number of carbonyl (C=O) groups is 1. The lowest BCUT2D eigenvalue weighted by Gasteiger charge is -2.53. The Kier molecular flexibility index (Phi) is 6.99. The standard InChI is InChI=1S/C29H38N2O5/c1-29(2)23-16-21-18-31(17-19-7-5-8-20(15-19)28(32)33)12-11-24(21)35-26(23)22-9-6-10-25(27(22)36-29)34-14-13-30(3)4/h5-10,15,21,23-24,26H,11-14,16-18H2,1-4H3,(H,32,33)/t21-,23-,24-,26+/m0/s1. The van der Waals surface area contributed by atoms with Crippen LogP contribution in [0.5, 0.6) is 11.5 Å². The normalized spacial score (nSPS) is 26.9. The summed E-state index contributed by atoms with van der Waals surface area (Å²) in [5, 5.41) is 9.33. The smallest absolute Gasteiger partial charge is 0.335 e. The fourth-order valence-electron chi connectivity index (χ4n) is 6.02. The number of nitrogens with zero attached hydrogens (tertiary/aromatic N) is 2. The molecule has 1 N–H and O–H groups in total. The molecule has 0 spiro atoms. The van der Waals surface area contributed by atoms with Crippen molar-refractivity contribution in [2.75, 3.05) is 40.3 Å². The molecule has 2 saturated heterocycles. The summed E-state index contributed by atoms with van der Waals surface area (Å²) in [7, 11) is 4.08. The molecule has 0 amide bonds. The van der Waals surface area contributed by atoms with Crippen molar-refractivity contribution in [1.29, 1.82) is 0 Å². The van der Waals surface area contributed by atoms with E-state index in [2.05, 4.69) is 29.7 Å². The Labute approximate surface area is 213 Å². The lowest BCUT2D eigenvalue weighted by molar-refractivity contribution is -0.188. The van der Waals surface area contributed by atoms with E-state index in [-0.39, 0.29) is 23.7 Å². The Morgan fingerprint density at radius 1 is 1.22 bits per heavy atom. The molecule has 3 aliphatic rings. The van der Waals surface area contributed by atoms with Crippen LogP contribution in [0.15, 0.2) is 42.5 Å². The maximum atomic E-state index is 11.4. The van der Waals surface area contributed by atoms with Crippen molar-refractivity contribution in [2.45, 2.75) is 51.0 Å². The predicted octanol–water partition coefficient (Wildman–Crippen LogP) is 4.46. The van der Waals surface area contributed by atoms with Gasteiger partial charge in [0.1, 0.15) is 12.2 Å². The Morgan fingerprint density at radius 2 is 2.03 bits per heavy atom. The number of piperidine rings is 1. The first-order chi connectivity index (χ1) is 17.2. The maximum Gasteiger partial charge on any atom is 0.335 e. The van der Waals surface area contributed by atoms with E-state index < -0.39 is 5.97 Å². The topological polar surface area (TPSA) is 71.5 Å². The summed E-state index contributed by atoms with van der Waals surface area (Å²) in [4.78, 5) is 15.9. The van der Waals surface area contributed by atoms with Gasteiger partial charge in [-0.3, -0.25) is 4.90 Å². The summed E-state index contributed by atoms with van der Waals surface area (Å²) in [6, 6.07) is 13.5. The number of benzene rings is 2. The second-order valence-corrected chi connectivity index (χ2v) is 11.3. The van der Waals surface area contributed by atoms with Gasteiger partial charge < -0.3 is 24.2 Å². The third kappa shape index (κ3) is 5.10. The van der Waals surface area contributed by atoms with Crippen molar-refractivity contribution < 1.29 is 24.1 Å². The number of fused-ring (bicyclic) bond motifs is 4. The zero-order chi connectivity index (χ0) is 25.4. The van der Waals surface area contributed by atoms with Gasteiger partial charge >= 0.3 is 5.97 Å². The van der Waals surface area contributed by atoms with E-state index in [1.165, 1.54) is 0 Å². The van der Waals surface area contributed by atoms with Crippen LogP contribution in [0.4, 0.5) is 0 Å². The number of carboxylic acid groups (broad SMARTS) is 1. The van der Waals surface area contributed by atoms with E-state index in [0.29, 0.717) is 18.1 Å². The van der Waals surface area contributed by atoms with Crippen molar-refractivity contribution in [3.8, 4) is 11.5 Å². The Hall–Kier alpha value is -2.61. The van der Waals surface area contributed by atoms with Crippen LogP contribution in [0.2, 0.25) is 0 Å². The van der Waals surface area contributed by atoms with Gasteiger partial charge in [-0.2, -0.15) is 0 Å². The Balaban J connectivity index is 1.31. The van der Waals surface area contributed by atoms with Gasteiger partial charge in [0.15, 0.2) is 11.5 Å². The van der Waals surface area contributed by atoms with Gasteiger partial charge in [0.2, 0.25) is 0 Å². The van der Waals surface area contributed by atoms with E-state index >= 15 is 0 Å². The molecule has 2 aromatic carbocycles. The van der Waals surface area contributed by atoms with E-state index in [1.807, 2.05) is 38.4 Å². The number of likely N-dealkylation sites (N-methyl/N-ethyl adjacent to an activating group) is 1. The fourth-order valence-corrected chi connectivity index (χ4v) is 6.02. The minimum absolute atomic E-state index is 0.00111. The van der Waals surface area contributed by atoms with Crippen molar-refractivity contribution in [3.05, 3.63) is 59.2 Å².